The number of H-pyrrole nitrogens is 1. The van der Waals surface area contributed by atoms with Crippen LogP contribution in [0.2, 0.25) is 5.02 Å². The molecule has 2 saturated carbocycles. The predicted molar refractivity (Wildman–Crippen MR) is 146 cm³/mol. The third-order valence-corrected chi connectivity index (χ3v) is 8.19. The fraction of sp³-hybridized carbons (Fsp3) is 0.571. The molecule has 0 atom stereocenters. The number of carbonyl (C=O) groups is 3. The van der Waals surface area contributed by atoms with Crippen LogP contribution >= 0.6 is 11.6 Å². The van der Waals surface area contributed by atoms with Gasteiger partial charge in [-0.05, 0) is 56.2 Å². The van der Waals surface area contributed by atoms with E-state index in [1.165, 1.54) is 19.2 Å². The summed E-state index contributed by atoms with van der Waals surface area (Å²) in [6, 6.07) is 5.65. The highest BCUT2D eigenvalue weighted by molar-refractivity contribution is 6.33. The van der Waals surface area contributed by atoms with Crippen LogP contribution in [0, 0.1) is 11.8 Å². The maximum absolute atomic E-state index is 13.0. The van der Waals surface area contributed by atoms with Crippen molar-refractivity contribution in [2.24, 2.45) is 11.8 Å². The van der Waals surface area contributed by atoms with E-state index in [0.717, 1.165) is 37.5 Å². The molecule has 1 aliphatic heterocycles. The molecule has 38 heavy (non-hydrogen) atoms. The van der Waals surface area contributed by atoms with Crippen molar-refractivity contribution in [2.45, 2.75) is 63.8 Å². The Balaban J connectivity index is 1.10. The minimum atomic E-state index is -0.312. The monoisotopic (exact) mass is 541 g/mol. The van der Waals surface area contributed by atoms with Crippen molar-refractivity contribution < 1.29 is 19.1 Å². The van der Waals surface area contributed by atoms with Crippen LogP contribution in [0.4, 0.5) is 11.4 Å². The standard InChI is InChI=1S/C28H36ClN5O4/c29-22-11-10-21(34-12-14-38-15-13-34)16-23(22)33-27(36)19-6-8-20(9-7-19)32-28(37)26-25(30-17-31-26)24(35)3-1-2-18-4-5-18/h10-11,16-20H,1-9,12-15H2,(H,30,31)(H,32,37)(H,33,36). The topological polar surface area (TPSA) is 116 Å². The number of morpholine rings is 1. The fourth-order valence-electron chi connectivity index (χ4n) is 5.37. The zero-order valence-corrected chi connectivity index (χ0v) is 22.4. The first-order chi connectivity index (χ1) is 18.5. The van der Waals surface area contributed by atoms with E-state index in [2.05, 4.69) is 25.5 Å². The molecule has 1 aromatic heterocycles. The van der Waals surface area contributed by atoms with Crippen molar-refractivity contribution >= 4 is 40.6 Å². The number of halogens is 1. The van der Waals surface area contributed by atoms with Gasteiger partial charge in [-0.3, -0.25) is 14.4 Å². The van der Waals surface area contributed by atoms with Crippen LogP contribution in [-0.4, -0.2) is 59.9 Å². The number of benzene rings is 1. The lowest BCUT2D eigenvalue weighted by Crippen LogP contribution is -2.40. The van der Waals surface area contributed by atoms with Crippen molar-refractivity contribution in [1.29, 1.82) is 0 Å². The molecule has 2 amide bonds. The first kappa shape index (κ1) is 26.7. The number of ketones is 1. The van der Waals surface area contributed by atoms with Gasteiger partial charge in [0.2, 0.25) is 5.91 Å². The molecule has 5 rings (SSSR count). The Morgan fingerprint density at radius 3 is 2.58 bits per heavy atom. The van der Waals surface area contributed by atoms with Gasteiger partial charge in [-0.2, -0.15) is 0 Å². The van der Waals surface area contributed by atoms with Crippen LogP contribution in [0.3, 0.4) is 0 Å². The van der Waals surface area contributed by atoms with E-state index >= 15 is 0 Å². The molecule has 3 N–H and O–H groups in total. The molecule has 2 heterocycles. The molecule has 0 radical (unpaired) electrons. The van der Waals surface area contributed by atoms with E-state index in [9.17, 15) is 14.4 Å². The van der Waals surface area contributed by atoms with Crippen LogP contribution < -0.4 is 15.5 Å². The highest BCUT2D eigenvalue weighted by Crippen LogP contribution is 2.34. The highest BCUT2D eigenvalue weighted by Gasteiger charge is 2.29. The number of nitrogens with zero attached hydrogens (tertiary/aromatic N) is 2. The molecule has 10 heteroatoms. The van der Waals surface area contributed by atoms with E-state index in [-0.39, 0.29) is 40.9 Å². The zero-order chi connectivity index (χ0) is 26.5. The lowest BCUT2D eigenvalue weighted by Gasteiger charge is -2.30. The van der Waals surface area contributed by atoms with Crippen molar-refractivity contribution in [2.75, 3.05) is 36.5 Å². The molecule has 9 nitrogen and oxygen atoms in total. The number of aromatic nitrogens is 2. The number of Topliss-reactive ketones (excluding diaryl/α,β-unsaturated/α-hetero) is 1. The Hall–Kier alpha value is -2.91. The summed E-state index contributed by atoms with van der Waals surface area (Å²) in [4.78, 5) is 47.7. The molecule has 3 aliphatic rings. The van der Waals surface area contributed by atoms with Crippen molar-refractivity contribution in [3.8, 4) is 0 Å². The molecule has 0 spiro atoms. The summed E-state index contributed by atoms with van der Waals surface area (Å²) in [5.41, 5.74) is 2.09. The Morgan fingerprint density at radius 2 is 1.84 bits per heavy atom. The lowest BCUT2D eigenvalue weighted by atomic mass is 9.85. The van der Waals surface area contributed by atoms with Crippen LogP contribution in [0.5, 0.6) is 0 Å². The number of carbonyl (C=O) groups excluding carboxylic acids is 3. The van der Waals surface area contributed by atoms with Gasteiger partial charge in [0.25, 0.3) is 5.91 Å². The summed E-state index contributed by atoms with van der Waals surface area (Å²) in [7, 11) is 0. The number of anilines is 2. The number of imidazole rings is 1. The van der Waals surface area contributed by atoms with E-state index in [4.69, 9.17) is 16.3 Å². The Labute approximate surface area is 228 Å². The highest BCUT2D eigenvalue weighted by atomic mass is 35.5. The van der Waals surface area contributed by atoms with Crippen LogP contribution in [-0.2, 0) is 9.53 Å². The maximum Gasteiger partial charge on any atom is 0.270 e. The summed E-state index contributed by atoms with van der Waals surface area (Å²) in [5.74, 6) is 0.172. The van der Waals surface area contributed by atoms with E-state index in [1.54, 1.807) is 0 Å². The van der Waals surface area contributed by atoms with Crippen molar-refractivity contribution in [3.63, 3.8) is 0 Å². The number of amides is 2. The second kappa shape index (κ2) is 12.3. The first-order valence-corrected chi connectivity index (χ1v) is 14.2. The minimum Gasteiger partial charge on any atom is -0.378 e. The normalized spacial score (nSPS) is 21.7. The van der Waals surface area contributed by atoms with Crippen LogP contribution in [0.15, 0.2) is 24.5 Å². The lowest BCUT2D eigenvalue weighted by molar-refractivity contribution is -0.120. The molecule has 204 valence electrons. The summed E-state index contributed by atoms with van der Waals surface area (Å²) < 4.78 is 5.43. The number of rotatable bonds is 10. The molecule has 1 saturated heterocycles. The van der Waals surface area contributed by atoms with Crippen LogP contribution in [0.25, 0.3) is 0 Å². The van der Waals surface area contributed by atoms with Crippen LogP contribution in [0.1, 0.15) is 78.8 Å². The SMILES string of the molecule is O=C(CCCC1CC1)c1nc[nH]c1C(=O)NC1CCC(C(=O)Nc2cc(N3CCOCC3)ccc2Cl)CC1. The van der Waals surface area contributed by atoms with Gasteiger partial charge < -0.3 is 25.3 Å². The van der Waals surface area contributed by atoms with E-state index < -0.39 is 0 Å². The zero-order valence-electron chi connectivity index (χ0n) is 21.6. The number of aromatic amines is 1. The fourth-order valence-corrected chi connectivity index (χ4v) is 5.54. The second-order valence-electron chi connectivity index (χ2n) is 10.7. The minimum absolute atomic E-state index is 0.0524. The van der Waals surface area contributed by atoms with Gasteiger partial charge >= 0.3 is 0 Å². The van der Waals surface area contributed by atoms with Gasteiger partial charge in [-0.25, -0.2) is 4.98 Å². The third kappa shape index (κ3) is 6.74. The molecule has 2 aliphatic carbocycles. The average Bonchev–Trinajstić information content (AvgIpc) is 3.62. The maximum atomic E-state index is 13.0. The van der Waals surface area contributed by atoms with Gasteiger partial charge in [0, 0.05) is 37.2 Å². The molecular weight excluding hydrogens is 506 g/mol. The third-order valence-electron chi connectivity index (χ3n) is 7.86. The number of hydrogen-bond acceptors (Lipinski definition) is 6. The Morgan fingerprint density at radius 1 is 1.08 bits per heavy atom. The average molecular weight is 542 g/mol. The van der Waals surface area contributed by atoms with Gasteiger partial charge in [-0.1, -0.05) is 30.9 Å². The molecule has 2 aromatic rings. The molecule has 3 fully saturated rings. The first-order valence-electron chi connectivity index (χ1n) is 13.8. The number of ether oxygens (including phenoxy) is 1. The quantitative estimate of drug-likeness (QED) is 0.379. The van der Waals surface area contributed by atoms with Gasteiger partial charge in [0.15, 0.2) is 5.78 Å². The van der Waals surface area contributed by atoms with Gasteiger partial charge in [0.1, 0.15) is 11.4 Å². The molecular formula is C28H36ClN5O4. The van der Waals surface area contributed by atoms with E-state index in [1.807, 2.05) is 18.2 Å². The van der Waals surface area contributed by atoms with E-state index in [0.29, 0.717) is 56.0 Å². The number of hydrogen-bond donors (Lipinski definition) is 3. The molecule has 0 bridgehead atoms. The van der Waals surface area contributed by atoms with Gasteiger partial charge in [0.05, 0.1) is 30.3 Å². The number of nitrogens with one attached hydrogen (secondary N) is 3. The smallest absolute Gasteiger partial charge is 0.270 e. The van der Waals surface area contributed by atoms with Crippen molar-refractivity contribution in [3.05, 3.63) is 40.9 Å². The Kier molecular flexibility index (Phi) is 8.64. The van der Waals surface area contributed by atoms with Crippen molar-refractivity contribution in [1.82, 2.24) is 15.3 Å². The summed E-state index contributed by atoms with van der Waals surface area (Å²) in [6.45, 7) is 2.98. The Bertz CT molecular complexity index is 1150. The largest absolute Gasteiger partial charge is 0.378 e. The summed E-state index contributed by atoms with van der Waals surface area (Å²) in [6.07, 6.45) is 8.96. The van der Waals surface area contributed by atoms with Gasteiger partial charge in [-0.15, -0.1) is 0 Å². The summed E-state index contributed by atoms with van der Waals surface area (Å²) >= 11 is 6.39. The summed E-state index contributed by atoms with van der Waals surface area (Å²) in [5, 5.41) is 6.56. The molecule has 1 aromatic carbocycles. The predicted octanol–water partition coefficient (Wildman–Crippen LogP) is 4.59. The molecule has 0 unspecified atom stereocenters. The second-order valence-corrected chi connectivity index (χ2v) is 11.1.